The summed E-state index contributed by atoms with van der Waals surface area (Å²) >= 11 is 0. The van der Waals surface area contributed by atoms with Gasteiger partial charge < -0.3 is 16.4 Å². The van der Waals surface area contributed by atoms with Gasteiger partial charge in [0.05, 0.1) is 6.54 Å². The number of ketones is 1. The number of nitrogens with two attached hydrogens (primary N) is 1. The van der Waals surface area contributed by atoms with Crippen molar-refractivity contribution in [3.8, 4) is 0 Å². The average Bonchev–Trinajstić information content (AvgIpc) is 2.27. The number of nitrogens with one attached hydrogen (secondary N) is 2. The van der Waals surface area contributed by atoms with Gasteiger partial charge in [0, 0.05) is 11.3 Å². The van der Waals surface area contributed by atoms with Crippen LogP contribution in [-0.4, -0.2) is 24.3 Å². The zero-order chi connectivity index (χ0) is 12.8. The molecule has 6 heteroatoms. The van der Waals surface area contributed by atoms with E-state index in [-0.39, 0.29) is 12.3 Å². The zero-order valence-electron chi connectivity index (χ0n) is 9.32. The summed E-state index contributed by atoms with van der Waals surface area (Å²) in [6, 6.07) is 5.87. The van der Waals surface area contributed by atoms with Crippen LogP contribution in [-0.2, 0) is 4.79 Å². The van der Waals surface area contributed by atoms with Crippen molar-refractivity contribution in [2.45, 2.75) is 6.92 Å². The maximum Gasteiger partial charge on any atom is 0.319 e. The van der Waals surface area contributed by atoms with E-state index in [0.29, 0.717) is 11.3 Å². The van der Waals surface area contributed by atoms with Gasteiger partial charge >= 0.3 is 6.03 Å². The summed E-state index contributed by atoms with van der Waals surface area (Å²) in [5.41, 5.74) is 5.96. The molecule has 0 saturated carbocycles. The Hall–Kier alpha value is -2.37. The van der Waals surface area contributed by atoms with Gasteiger partial charge in [-0.25, -0.2) is 4.79 Å². The van der Waals surface area contributed by atoms with Crippen LogP contribution in [0.4, 0.5) is 10.5 Å². The monoisotopic (exact) mass is 235 g/mol. The number of anilines is 1. The highest BCUT2D eigenvalue weighted by Crippen LogP contribution is 2.09. The van der Waals surface area contributed by atoms with Crippen molar-refractivity contribution in [2.75, 3.05) is 11.9 Å². The second-order valence-electron chi connectivity index (χ2n) is 3.41. The fourth-order valence-electron chi connectivity index (χ4n) is 1.13. The summed E-state index contributed by atoms with van der Waals surface area (Å²) in [7, 11) is 0. The highest BCUT2D eigenvalue weighted by molar-refractivity contribution is 5.95. The van der Waals surface area contributed by atoms with Gasteiger partial charge in [-0.2, -0.15) is 0 Å². The van der Waals surface area contributed by atoms with Gasteiger partial charge in [-0.3, -0.25) is 9.59 Å². The largest absolute Gasteiger partial charge is 0.368 e. The summed E-state index contributed by atoms with van der Waals surface area (Å²) < 4.78 is 0. The van der Waals surface area contributed by atoms with Crippen molar-refractivity contribution in [1.82, 2.24) is 5.32 Å². The highest BCUT2D eigenvalue weighted by atomic mass is 16.2. The van der Waals surface area contributed by atoms with Gasteiger partial charge in [0.2, 0.25) is 5.91 Å². The molecule has 3 amide bonds. The topological polar surface area (TPSA) is 101 Å². The lowest BCUT2D eigenvalue weighted by atomic mass is 10.1. The molecular formula is C11H13N3O3. The molecule has 0 aromatic heterocycles. The molecule has 1 rings (SSSR count). The van der Waals surface area contributed by atoms with Gasteiger partial charge in [-0.05, 0) is 31.2 Å². The van der Waals surface area contributed by atoms with Crippen molar-refractivity contribution in [3.05, 3.63) is 29.8 Å². The van der Waals surface area contributed by atoms with Crippen molar-refractivity contribution >= 4 is 23.4 Å². The number of carbonyl (C=O) groups excluding carboxylic acids is 3. The Bertz CT molecular complexity index is 440. The second-order valence-corrected chi connectivity index (χ2v) is 3.41. The summed E-state index contributed by atoms with van der Waals surface area (Å²) in [4.78, 5) is 32.7. The normalized spacial score (nSPS) is 9.47. The molecule has 0 bridgehead atoms. The van der Waals surface area contributed by atoms with E-state index in [2.05, 4.69) is 10.6 Å². The number of hydrogen-bond acceptors (Lipinski definition) is 3. The first-order valence-corrected chi connectivity index (χ1v) is 4.93. The lowest BCUT2D eigenvalue weighted by Gasteiger charge is -2.06. The molecule has 1 aromatic rings. The Morgan fingerprint density at radius 2 is 1.76 bits per heavy atom. The van der Waals surface area contributed by atoms with E-state index in [1.807, 2.05) is 0 Å². The second kappa shape index (κ2) is 5.64. The Kier molecular flexibility index (Phi) is 4.21. The van der Waals surface area contributed by atoms with Gasteiger partial charge in [0.15, 0.2) is 5.78 Å². The lowest BCUT2D eigenvalue weighted by molar-refractivity contribution is -0.117. The molecule has 0 unspecified atom stereocenters. The van der Waals surface area contributed by atoms with Crippen LogP contribution in [0.1, 0.15) is 17.3 Å². The van der Waals surface area contributed by atoms with E-state index in [4.69, 9.17) is 5.73 Å². The number of amides is 3. The van der Waals surface area contributed by atoms with E-state index < -0.39 is 11.9 Å². The molecule has 0 heterocycles. The molecule has 0 spiro atoms. The summed E-state index contributed by atoms with van der Waals surface area (Å²) in [6.07, 6.45) is 0. The first kappa shape index (κ1) is 12.7. The van der Waals surface area contributed by atoms with Crippen LogP contribution in [0.3, 0.4) is 0 Å². The summed E-state index contributed by atoms with van der Waals surface area (Å²) in [6.45, 7) is 1.24. The lowest BCUT2D eigenvalue weighted by Crippen LogP contribution is -2.36. The van der Waals surface area contributed by atoms with Gasteiger partial charge in [-0.15, -0.1) is 0 Å². The molecule has 0 saturated heterocycles. The minimum atomic E-state index is -0.618. The first-order chi connectivity index (χ1) is 7.99. The van der Waals surface area contributed by atoms with E-state index in [0.717, 1.165) is 0 Å². The molecule has 17 heavy (non-hydrogen) atoms. The molecule has 0 atom stereocenters. The molecule has 0 aliphatic carbocycles. The Balaban J connectivity index is 2.54. The molecule has 90 valence electrons. The SMILES string of the molecule is CC(=O)c1ccc(NC(=O)NCC(N)=O)cc1. The van der Waals surface area contributed by atoms with Crippen LogP contribution >= 0.6 is 0 Å². The standard InChI is InChI=1S/C11H13N3O3/c1-7(15)8-2-4-9(5-3-8)14-11(17)13-6-10(12)16/h2-5H,6H2,1H3,(H2,12,16)(H2,13,14,17). The van der Waals surface area contributed by atoms with E-state index >= 15 is 0 Å². The molecule has 1 aromatic carbocycles. The van der Waals surface area contributed by atoms with E-state index in [1.165, 1.54) is 6.92 Å². The number of Topliss-reactive ketones (excluding diaryl/α,β-unsaturated/α-hetero) is 1. The number of urea groups is 1. The fraction of sp³-hybridized carbons (Fsp3) is 0.182. The van der Waals surface area contributed by atoms with E-state index in [9.17, 15) is 14.4 Å². The quantitative estimate of drug-likeness (QED) is 0.662. The van der Waals surface area contributed by atoms with Crippen molar-refractivity contribution in [2.24, 2.45) is 5.73 Å². The van der Waals surface area contributed by atoms with Crippen LogP contribution in [0.2, 0.25) is 0 Å². The number of carbonyl (C=O) groups is 3. The van der Waals surface area contributed by atoms with Crippen molar-refractivity contribution in [3.63, 3.8) is 0 Å². The molecule has 0 radical (unpaired) electrons. The number of rotatable bonds is 4. The Morgan fingerprint density at radius 3 is 2.24 bits per heavy atom. The van der Waals surface area contributed by atoms with Crippen LogP contribution in [0, 0.1) is 0 Å². The third-order valence-corrected chi connectivity index (χ3v) is 1.97. The van der Waals surface area contributed by atoms with Crippen LogP contribution in [0.5, 0.6) is 0 Å². The molecule has 0 fully saturated rings. The number of primary amides is 1. The van der Waals surface area contributed by atoms with Crippen molar-refractivity contribution < 1.29 is 14.4 Å². The maximum absolute atomic E-state index is 11.2. The maximum atomic E-state index is 11.2. The molecule has 0 aliphatic rings. The van der Waals surface area contributed by atoms with Crippen LogP contribution < -0.4 is 16.4 Å². The van der Waals surface area contributed by atoms with Gasteiger partial charge in [0.1, 0.15) is 0 Å². The summed E-state index contributed by atoms with van der Waals surface area (Å²) in [5, 5.41) is 4.77. The molecule has 0 aliphatic heterocycles. The molecular weight excluding hydrogens is 222 g/mol. The van der Waals surface area contributed by atoms with Crippen LogP contribution in [0.15, 0.2) is 24.3 Å². The first-order valence-electron chi connectivity index (χ1n) is 4.93. The Morgan fingerprint density at radius 1 is 1.18 bits per heavy atom. The third-order valence-electron chi connectivity index (χ3n) is 1.97. The van der Waals surface area contributed by atoms with Gasteiger partial charge in [0.25, 0.3) is 0 Å². The predicted molar refractivity (Wildman–Crippen MR) is 62.7 cm³/mol. The minimum Gasteiger partial charge on any atom is -0.368 e. The van der Waals surface area contributed by atoms with Gasteiger partial charge in [-0.1, -0.05) is 0 Å². The third kappa shape index (κ3) is 4.33. The molecule has 4 N–H and O–H groups in total. The predicted octanol–water partition coefficient (Wildman–Crippen LogP) is 0.496. The highest BCUT2D eigenvalue weighted by Gasteiger charge is 2.03. The fourth-order valence-corrected chi connectivity index (χ4v) is 1.13. The average molecular weight is 235 g/mol. The summed E-state index contributed by atoms with van der Waals surface area (Å²) in [5.74, 6) is -0.665. The zero-order valence-corrected chi connectivity index (χ0v) is 9.32. The van der Waals surface area contributed by atoms with E-state index in [1.54, 1.807) is 24.3 Å². The minimum absolute atomic E-state index is 0.0465. The smallest absolute Gasteiger partial charge is 0.319 e. The number of hydrogen-bond donors (Lipinski definition) is 3. The van der Waals surface area contributed by atoms with Crippen LogP contribution in [0.25, 0.3) is 0 Å². The molecule has 6 nitrogen and oxygen atoms in total. The Labute approximate surface area is 98.2 Å². The van der Waals surface area contributed by atoms with Crippen molar-refractivity contribution in [1.29, 1.82) is 0 Å². The number of benzene rings is 1.